The van der Waals surface area contributed by atoms with Crippen LogP contribution in [0.1, 0.15) is 22.8 Å². The summed E-state index contributed by atoms with van der Waals surface area (Å²) in [6.07, 6.45) is 0. The van der Waals surface area contributed by atoms with Gasteiger partial charge in [-0.15, -0.1) is 11.8 Å². The molecule has 2 nitrogen and oxygen atoms in total. The summed E-state index contributed by atoms with van der Waals surface area (Å²) >= 11 is 1.72. The number of carbonyl (C=O) groups excluding carboxylic acids is 1. The molecule has 0 bridgehead atoms. The number of hydrogen-bond acceptors (Lipinski definition) is 3. The van der Waals surface area contributed by atoms with E-state index in [9.17, 15) is 4.79 Å². The summed E-state index contributed by atoms with van der Waals surface area (Å²) in [6.45, 7) is 5.03. The number of hydrogen-bond donors (Lipinski definition) is 0. The van der Waals surface area contributed by atoms with Crippen LogP contribution in [0.2, 0.25) is 0 Å². The molecule has 0 saturated heterocycles. The number of carbonyl (C=O) groups is 1. The van der Waals surface area contributed by atoms with E-state index in [1.165, 1.54) is 5.56 Å². The smallest absolute Gasteiger partial charge is 0.175 e. The Morgan fingerprint density at radius 2 is 1.88 bits per heavy atom. The molecule has 1 aromatic rings. The largest absolute Gasteiger partial charge is 0.309 e. The van der Waals surface area contributed by atoms with Crippen molar-refractivity contribution in [2.24, 2.45) is 0 Å². The molecule has 0 heterocycles. The van der Waals surface area contributed by atoms with Gasteiger partial charge in [0.05, 0.1) is 5.25 Å². The van der Waals surface area contributed by atoms with Crippen molar-refractivity contribution in [1.29, 1.82) is 0 Å². The van der Waals surface area contributed by atoms with E-state index in [2.05, 4.69) is 4.90 Å². The second kappa shape index (κ2) is 6.82. The van der Waals surface area contributed by atoms with Gasteiger partial charge in [0.25, 0.3) is 0 Å². The van der Waals surface area contributed by atoms with Crippen LogP contribution in [0.25, 0.3) is 0 Å². The van der Waals surface area contributed by atoms with Crippen molar-refractivity contribution >= 4 is 17.5 Å². The van der Waals surface area contributed by atoms with Gasteiger partial charge in [-0.1, -0.05) is 29.8 Å². The fraction of sp³-hybridized carbons (Fsp3) is 0.500. The Balaban J connectivity index is 2.49. The molecule has 0 fully saturated rings. The first-order valence-corrected chi connectivity index (χ1v) is 6.93. The number of aryl methyl sites for hydroxylation is 1. The van der Waals surface area contributed by atoms with Crippen LogP contribution in [-0.4, -0.2) is 42.3 Å². The Kier molecular flexibility index (Phi) is 5.72. The van der Waals surface area contributed by atoms with E-state index in [-0.39, 0.29) is 11.0 Å². The van der Waals surface area contributed by atoms with Crippen LogP contribution in [-0.2, 0) is 0 Å². The van der Waals surface area contributed by atoms with E-state index >= 15 is 0 Å². The van der Waals surface area contributed by atoms with Crippen molar-refractivity contribution in [3.05, 3.63) is 35.4 Å². The highest BCUT2D eigenvalue weighted by Crippen LogP contribution is 2.16. The molecule has 17 heavy (non-hydrogen) atoms. The molecule has 0 aliphatic carbocycles. The van der Waals surface area contributed by atoms with E-state index in [0.29, 0.717) is 0 Å². The maximum absolute atomic E-state index is 12.1. The van der Waals surface area contributed by atoms with Gasteiger partial charge in [-0.25, -0.2) is 0 Å². The fourth-order valence-corrected chi connectivity index (χ4v) is 2.55. The third-order valence-electron chi connectivity index (χ3n) is 2.61. The minimum Gasteiger partial charge on any atom is -0.309 e. The highest BCUT2D eigenvalue weighted by molar-refractivity contribution is 8.00. The predicted octanol–water partition coefficient (Wildman–Crippen LogP) is 2.86. The molecule has 1 aromatic carbocycles. The van der Waals surface area contributed by atoms with Gasteiger partial charge in [0.1, 0.15) is 0 Å². The quantitative estimate of drug-likeness (QED) is 0.725. The van der Waals surface area contributed by atoms with E-state index in [1.807, 2.05) is 52.2 Å². The fourth-order valence-electron chi connectivity index (χ4n) is 1.44. The summed E-state index contributed by atoms with van der Waals surface area (Å²) in [5.74, 6) is 1.22. The summed E-state index contributed by atoms with van der Waals surface area (Å²) < 4.78 is 0. The zero-order chi connectivity index (χ0) is 12.8. The summed E-state index contributed by atoms with van der Waals surface area (Å²) in [7, 11) is 4.10. The summed E-state index contributed by atoms with van der Waals surface area (Å²) in [5.41, 5.74) is 2.01. The molecule has 1 atom stereocenters. The van der Waals surface area contributed by atoms with Crippen LogP contribution in [0, 0.1) is 6.92 Å². The molecule has 3 heteroatoms. The maximum atomic E-state index is 12.1. The number of rotatable bonds is 6. The lowest BCUT2D eigenvalue weighted by molar-refractivity contribution is 0.0994. The summed E-state index contributed by atoms with van der Waals surface area (Å²) in [4.78, 5) is 14.2. The van der Waals surface area contributed by atoms with Crippen molar-refractivity contribution in [1.82, 2.24) is 4.90 Å². The molecule has 94 valence electrons. The number of nitrogens with zero attached hydrogens (tertiary/aromatic N) is 1. The van der Waals surface area contributed by atoms with Gasteiger partial charge < -0.3 is 4.90 Å². The van der Waals surface area contributed by atoms with Crippen molar-refractivity contribution in [3.63, 3.8) is 0 Å². The molecular formula is C14H21NOS. The predicted molar refractivity (Wildman–Crippen MR) is 76.0 cm³/mol. The van der Waals surface area contributed by atoms with E-state index in [0.717, 1.165) is 17.9 Å². The molecule has 0 aliphatic heterocycles. The zero-order valence-electron chi connectivity index (χ0n) is 11.1. The first kappa shape index (κ1) is 14.3. The van der Waals surface area contributed by atoms with Gasteiger partial charge in [-0.3, -0.25) is 4.79 Å². The molecule has 0 radical (unpaired) electrons. The third kappa shape index (κ3) is 4.92. The molecular weight excluding hydrogens is 230 g/mol. The second-order valence-corrected chi connectivity index (χ2v) is 6.00. The van der Waals surface area contributed by atoms with Crippen molar-refractivity contribution in [3.8, 4) is 0 Å². The lowest BCUT2D eigenvalue weighted by Gasteiger charge is -2.13. The molecule has 0 aromatic heterocycles. The van der Waals surface area contributed by atoms with Crippen molar-refractivity contribution in [2.45, 2.75) is 19.1 Å². The first-order valence-electron chi connectivity index (χ1n) is 5.88. The Bertz CT molecular complexity index is 359. The van der Waals surface area contributed by atoms with Gasteiger partial charge in [-0.05, 0) is 27.9 Å². The van der Waals surface area contributed by atoms with Crippen LogP contribution < -0.4 is 0 Å². The first-order chi connectivity index (χ1) is 8.00. The zero-order valence-corrected chi connectivity index (χ0v) is 11.9. The molecule has 0 spiro atoms. The van der Waals surface area contributed by atoms with Gasteiger partial charge in [-0.2, -0.15) is 0 Å². The van der Waals surface area contributed by atoms with E-state index in [1.54, 1.807) is 11.8 Å². The Hall–Kier alpha value is -0.800. The highest BCUT2D eigenvalue weighted by Gasteiger charge is 2.15. The van der Waals surface area contributed by atoms with Gasteiger partial charge in [0, 0.05) is 17.9 Å². The average Bonchev–Trinajstić information content (AvgIpc) is 2.28. The molecule has 0 aliphatic rings. The Morgan fingerprint density at radius 3 is 2.41 bits per heavy atom. The van der Waals surface area contributed by atoms with E-state index < -0.39 is 0 Å². The van der Waals surface area contributed by atoms with Crippen LogP contribution in [0.4, 0.5) is 0 Å². The van der Waals surface area contributed by atoms with Crippen LogP contribution >= 0.6 is 11.8 Å². The van der Waals surface area contributed by atoms with Gasteiger partial charge in [0.15, 0.2) is 5.78 Å². The Labute approximate surface area is 108 Å². The summed E-state index contributed by atoms with van der Waals surface area (Å²) in [6, 6.07) is 7.82. The van der Waals surface area contributed by atoms with Crippen LogP contribution in [0.5, 0.6) is 0 Å². The minimum atomic E-state index is 0.0395. The highest BCUT2D eigenvalue weighted by atomic mass is 32.2. The van der Waals surface area contributed by atoms with E-state index in [4.69, 9.17) is 0 Å². The lowest BCUT2D eigenvalue weighted by Crippen LogP contribution is -2.19. The second-order valence-electron chi connectivity index (χ2n) is 4.55. The SMILES string of the molecule is Cc1ccc(C(=O)C(C)SCCN(C)C)cc1. The number of ketones is 1. The molecule has 0 saturated carbocycles. The van der Waals surface area contributed by atoms with Crippen LogP contribution in [0.3, 0.4) is 0 Å². The normalized spacial score (nSPS) is 12.8. The standard InChI is InChI=1S/C14H21NOS/c1-11-5-7-13(8-6-11)14(16)12(2)17-10-9-15(3)4/h5-8,12H,9-10H2,1-4H3. The number of thioether (sulfide) groups is 1. The average molecular weight is 251 g/mol. The third-order valence-corrected chi connectivity index (χ3v) is 3.74. The Morgan fingerprint density at radius 1 is 1.29 bits per heavy atom. The monoisotopic (exact) mass is 251 g/mol. The minimum absolute atomic E-state index is 0.0395. The maximum Gasteiger partial charge on any atom is 0.175 e. The number of Topliss-reactive ketones (excluding diaryl/α,β-unsaturated/α-hetero) is 1. The summed E-state index contributed by atoms with van der Waals surface area (Å²) in [5, 5.41) is 0.0395. The van der Waals surface area contributed by atoms with Crippen LogP contribution in [0.15, 0.2) is 24.3 Å². The topological polar surface area (TPSA) is 20.3 Å². The van der Waals surface area contributed by atoms with Crippen molar-refractivity contribution in [2.75, 3.05) is 26.4 Å². The van der Waals surface area contributed by atoms with Gasteiger partial charge in [0.2, 0.25) is 0 Å². The molecule has 0 N–H and O–H groups in total. The molecule has 1 rings (SSSR count). The number of benzene rings is 1. The van der Waals surface area contributed by atoms with Crippen molar-refractivity contribution < 1.29 is 4.79 Å². The van der Waals surface area contributed by atoms with Gasteiger partial charge >= 0.3 is 0 Å². The molecule has 0 amide bonds. The lowest BCUT2D eigenvalue weighted by atomic mass is 10.1. The molecule has 1 unspecified atom stereocenters.